The van der Waals surface area contributed by atoms with E-state index in [2.05, 4.69) is 4.72 Å². The highest BCUT2D eigenvalue weighted by atomic mass is 35.5. The molecule has 0 fully saturated rings. The molecule has 2 aromatic rings. The maximum absolute atomic E-state index is 12.1. The molecule has 0 atom stereocenters. The van der Waals surface area contributed by atoms with E-state index < -0.39 is 10.0 Å². The number of rotatable bonds is 8. The van der Waals surface area contributed by atoms with Crippen LogP contribution in [0.25, 0.3) is 0 Å². The zero-order chi connectivity index (χ0) is 16.7. The Morgan fingerprint density at radius 3 is 2.38 bits per heavy atom. The number of nitrogens with two attached hydrogens (primary N) is 1. The van der Waals surface area contributed by atoms with Crippen molar-refractivity contribution in [1.29, 1.82) is 0 Å². The van der Waals surface area contributed by atoms with Crippen molar-refractivity contribution in [3.8, 4) is 11.5 Å². The quantitative estimate of drug-likeness (QED) is 0.674. The van der Waals surface area contributed by atoms with Gasteiger partial charge in [0.25, 0.3) is 0 Å². The summed E-state index contributed by atoms with van der Waals surface area (Å²) in [6.45, 7) is 0.928. The van der Waals surface area contributed by atoms with Crippen molar-refractivity contribution in [2.75, 3.05) is 13.1 Å². The maximum Gasteiger partial charge on any atom is 0.240 e. The van der Waals surface area contributed by atoms with Crippen LogP contribution < -0.4 is 15.2 Å². The molecule has 2 rings (SSSR count). The summed E-state index contributed by atoms with van der Waals surface area (Å²) >= 11 is 5.89. The molecule has 3 N–H and O–H groups in total. The van der Waals surface area contributed by atoms with Crippen LogP contribution in [0.2, 0.25) is 5.02 Å². The maximum atomic E-state index is 12.1. The second-order valence-electron chi connectivity index (χ2n) is 4.92. The fraction of sp³-hybridized carbons (Fsp3) is 0.250. The van der Waals surface area contributed by atoms with Gasteiger partial charge in [0.15, 0.2) is 0 Å². The van der Waals surface area contributed by atoms with E-state index in [-0.39, 0.29) is 17.3 Å². The summed E-state index contributed by atoms with van der Waals surface area (Å²) in [5.74, 6) is 1.13. The number of nitrogens with one attached hydrogen (secondary N) is 1. The van der Waals surface area contributed by atoms with Crippen LogP contribution >= 0.6 is 24.0 Å². The molecule has 0 aromatic heterocycles. The fourth-order valence-corrected chi connectivity index (χ4v) is 3.17. The minimum atomic E-state index is -3.50. The number of halogens is 2. The molecule has 132 valence electrons. The van der Waals surface area contributed by atoms with Crippen molar-refractivity contribution < 1.29 is 13.2 Å². The number of unbranched alkanes of at least 4 members (excludes halogenated alkanes) is 1. The molecule has 0 aliphatic carbocycles. The van der Waals surface area contributed by atoms with Crippen molar-refractivity contribution >= 4 is 34.0 Å². The monoisotopic (exact) mass is 390 g/mol. The number of benzene rings is 2. The molecule has 0 radical (unpaired) electrons. The summed E-state index contributed by atoms with van der Waals surface area (Å²) in [4.78, 5) is 0.198. The molecular weight excluding hydrogens is 371 g/mol. The summed E-state index contributed by atoms with van der Waals surface area (Å²) in [7, 11) is -3.50. The topological polar surface area (TPSA) is 81.4 Å². The van der Waals surface area contributed by atoms with E-state index in [1.165, 1.54) is 12.1 Å². The predicted molar refractivity (Wildman–Crippen MR) is 98.7 cm³/mol. The lowest BCUT2D eigenvalue weighted by molar-refractivity contribution is 0.482. The lowest BCUT2D eigenvalue weighted by Gasteiger charge is -2.09. The molecule has 0 aliphatic rings. The number of ether oxygens (including phenoxy) is 1. The minimum Gasteiger partial charge on any atom is -0.457 e. The Morgan fingerprint density at radius 1 is 1.04 bits per heavy atom. The van der Waals surface area contributed by atoms with Crippen molar-refractivity contribution in [3.63, 3.8) is 0 Å². The highest BCUT2D eigenvalue weighted by Gasteiger charge is 2.13. The van der Waals surface area contributed by atoms with Crippen LogP contribution in [0, 0.1) is 0 Å². The van der Waals surface area contributed by atoms with Gasteiger partial charge in [0, 0.05) is 11.6 Å². The molecule has 0 bridgehead atoms. The Hall–Kier alpha value is -1.31. The summed E-state index contributed by atoms with van der Waals surface area (Å²) in [5, 5.41) is 0.573. The molecular formula is C16H20Cl2N2O3S. The molecule has 0 saturated carbocycles. The van der Waals surface area contributed by atoms with Gasteiger partial charge in [-0.2, -0.15) is 0 Å². The Kier molecular flexibility index (Phi) is 8.52. The van der Waals surface area contributed by atoms with Gasteiger partial charge in [-0.25, -0.2) is 13.1 Å². The number of hydrogen-bond donors (Lipinski definition) is 2. The first-order chi connectivity index (χ1) is 11.0. The minimum absolute atomic E-state index is 0. The summed E-state index contributed by atoms with van der Waals surface area (Å²) in [5.41, 5.74) is 5.38. The van der Waals surface area contributed by atoms with Crippen molar-refractivity contribution in [1.82, 2.24) is 4.72 Å². The number of hydrogen-bond acceptors (Lipinski definition) is 4. The predicted octanol–water partition coefficient (Wildman–Crippen LogP) is 3.57. The first kappa shape index (κ1) is 20.7. The first-order valence-electron chi connectivity index (χ1n) is 7.24. The number of sulfonamides is 1. The van der Waals surface area contributed by atoms with E-state index in [4.69, 9.17) is 22.1 Å². The normalized spacial score (nSPS) is 10.9. The third kappa shape index (κ3) is 6.30. The summed E-state index contributed by atoms with van der Waals surface area (Å²) in [6, 6.07) is 13.2. The van der Waals surface area contributed by atoms with Gasteiger partial charge in [-0.1, -0.05) is 17.7 Å². The van der Waals surface area contributed by atoms with Crippen LogP contribution in [0.3, 0.4) is 0 Å². The molecule has 24 heavy (non-hydrogen) atoms. The lowest BCUT2D eigenvalue weighted by Crippen LogP contribution is -2.25. The van der Waals surface area contributed by atoms with Gasteiger partial charge in [0.1, 0.15) is 11.5 Å². The van der Waals surface area contributed by atoms with E-state index in [9.17, 15) is 8.42 Å². The molecule has 0 spiro atoms. The highest BCUT2D eigenvalue weighted by molar-refractivity contribution is 7.89. The Balaban J connectivity index is 0.00000288. The van der Waals surface area contributed by atoms with Crippen LogP contribution in [0.4, 0.5) is 0 Å². The average molecular weight is 391 g/mol. The molecule has 0 unspecified atom stereocenters. The smallest absolute Gasteiger partial charge is 0.240 e. The third-order valence-electron chi connectivity index (χ3n) is 3.09. The van der Waals surface area contributed by atoms with Gasteiger partial charge in [-0.15, -0.1) is 12.4 Å². The molecule has 0 aliphatic heterocycles. The van der Waals surface area contributed by atoms with Crippen LogP contribution in [0.15, 0.2) is 53.4 Å². The fourth-order valence-electron chi connectivity index (χ4n) is 1.91. The highest BCUT2D eigenvalue weighted by Crippen LogP contribution is 2.25. The lowest BCUT2D eigenvalue weighted by atomic mass is 10.3. The molecule has 5 nitrogen and oxygen atoms in total. The zero-order valence-corrected chi connectivity index (χ0v) is 15.3. The van der Waals surface area contributed by atoms with E-state index in [1.807, 2.05) is 0 Å². The van der Waals surface area contributed by atoms with E-state index in [0.29, 0.717) is 36.0 Å². The van der Waals surface area contributed by atoms with Crippen molar-refractivity contribution in [3.05, 3.63) is 53.6 Å². The first-order valence-corrected chi connectivity index (χ1v) is 9.10. The summed E-state index contributed by atoms with van der Waals surface area (Å²) < 4.78 is 32.4. The SMILES string of the molecule is Cl.NCCCCNS(=O)(=O)c1ccc(Oc2cccc(Cl)c2)cc1. The Labute approximate surface area is 153 Å². The standard InChI is InChI=1S/C16H19ClN2O3S.ClH/c17-13-4-3-5-15(12-13)22-14-6-8-16(9-7-14)23(20,21)19-11-2-1-10-18;/h3-9,12,19H,1-2,10-11,18H2;1H. The second kappa shape index (κ2) is 9.86. The van der Waals surface area contributed by atoms with Crippen LogP contribution in [0.1, 0.15) is 12.8 Å². The van der Waals surface area contributed by atoms with Gasteiger partial charge < -0.3 is 10.5 Å². The summed E-state index contributed by atoms with van der Waals surface area (Å²) in [6.07, 6.45) is 1.50. The second-order valence-corrected chi connectivity index (χ2v) is 7.13. The van der Waals surface area contributed by atoms with Crippen molar-refractivity contribution in [2.24, 2.45) is 5.73 Å². The largest absolute Gasteiger partial charge is 0.457 e. The van der Waals surface area contributed by atoms with Crippen molar-refractivity contribution in [2.45, 2.75) is 17.7 Å². The van der Waals surface area contributed by atoms with E-state index >= 15 is 0 Å². The van der Waals surface area contributed by atoms with E-state index in [1.54, 1.807) is 36.4 Å². The molecule has 0 saturated heterocycles. The average Bonchev–Trinajstić information content (AvgIpc) is 2.52. The van der Waals surface area contributed by atoms with Crippen LogP contribution in [0.5, 0.6) is 11.5 Å². The molecule has 0 amide bonds. The van der Waals surface area contributed by atoms with E-state index in [0.717, 1.165) is 6.42 Å². The van der Waals surface area contributed by atoms with Crippen LogP contribution in [-0.4, -0.2) is 21.5 Å². The third-order valence-corrected chi connectivity index (χ3v) is 4.80. The molecule has 0 heterocycles. The Bertz CT molecular complexity index is 737. The molecule has 2 aromatic carbocycles. The van der Waals surface area contributed by atoms with Crippen LogP contribution in [-0.2, 0) is 10.0 Å². The van der Waals surface area contributed by atoms with Gasteiger partial charge in [0.05, 0.1) is 4.90 Å². The van der Waals surface area contributed by atoms with Gasteiger partial charge in [-0.05, 0) is 61.9 Å². The van der Waals surface area contributed by atoms with Gasteiger partial charge in [-0.3, -0.25) is 0 Å². The van der Waals surface area contributed by atoms with Gasteiger partial charge in [0.2, 0.25) is 10.0 Å². The van der Waals surface area contributed by atoms with Gasteiger partial charge >= 0.3 is 0 Å². The molecule has 8 heteroatoms. The Morgan fingerprint density at radius 2 is 1.75 bits per heavy atom. The zero-order valence-electron chi connectivity index (χ0n) is 12.9.